The monoisotopic (exact) mass is 399 g/mol. The van der Waals surface area contributed by atoms with Gasteiger partial charge in [-0.15, -0.1) is 0 Å². The molecular weight excluding hydrogens is 374 g/mol. The lowest BCUT2D eigenvalue weighted by Crippen LogP contribution is -2.33. The van der Waals surface area contributed by atoms with E-state index >= 15 is 0 Å². The fraction of sp³-hybridized carbons (Fsp3) is 0.450. The molecule has 2 aromatic heterocycles. The Bertz CT molecular complexity index is 950. The molecule has 9 heteroatoms. The van der Waals surface area contributed by atoms with E-state index in [1.807, 2.05) is 18.2 Å². The van der Waals surface area contributed by atoms with E-state index in [0.29, 0.717) is 17.0 Å². The highest BCUT2D eigenvalue weighted by atomic mass is 16.6. The first-order valence-corrected chi connectivity index (χ1v) is 9.69. The molecule has 1 fully saturated rings. The number of aliphatic hydroxyl groups is 3. The minimum absolute atomic E-state index is 0.160. The van der Waals surface area contributed by atoms with E-state index in [-0.39, 0.29) is 12.6 Å². The number of imidazole rings is 1. The number of nitrogens with one attached hydrogen (secondary N) is 1. The zero-order valence-corrected chi connectivity index (χ0v) is 16.1. The number of aliphatic hydroxyl groups excluding tert-OH is 3. The van der Waals surface area contributed by atoms with Crippen LogP contribution in [0.5, 0.6) is 0 Å². The summed E-state index contributed by atoms with van der Waals surface area (Å²) in [6.07, 6.45) is 0.676. The van der Waals surface area contributed by atoms with Crippen LogP contribution in [0.15, 0.2) is 43.0 Å². The summed E-state index contributed by atoms with van der Waals surface area (Å²) in [5.41, 5.74) is 2.31. The van der Waals surface area contributed by atoms with Gasteiger partial charge in [-0.25, -0.2) is 15.0 Å². The van der Waals surface area contributed by atoms with Gasteiger partial charge in [0, 0.05) is 6.04 Å². The average Bonchev–Trinajstić information content (AvgIpc) is 3.29. The van der Waals surface area contributed by atoms with Crippen molar-refractivity contribution in [1.82, 2.24) is 19.5 Å². The molecule has 5 atom stereocenters. The third-order valence-electron chi connectivity index (χ3n) is 5.24. The maximum absolute atomic E-state index is 10.3. The van der Waals surface area contributed by atoms with Crippen molar-refractivity contribution < 1.29 is 20.1 Å². The highest BCUT2D eigenvalue weighted by Gasteiger charge is 2.44. The summed E-state index contributed by atoms with van der Waals surface area (Å²) in [6, 6.07) is 10.5. The van der Waals surface area contributed by atoms with Crippen LogP contribution in [0, 0.1) is 0 Å². The smallest absolute Gasteiger partial charge is 0.167 e. The molecule has 29 heavy (non-hydrogen) atoms. The lowest BCUT2D eigenvalue weighted by Gasteiger charge is -2.17. The van der Waals surface area contributed by atoms with Crippen LogP contribution in [0.1, 0.15) is 25.1 Å². The fourth-order valence-electron chi connectivity index (χ4n) is 3.59. The minimum Gasteiger partial charge on any atom is -0.394 e. The van der Waals surface area contributed by atoms with Crippen molar-refractivity contribution >= 4 is 17.0 Å². The normalized spacial score (nSPS) is 25.4. The lowest BCUT2D eigenvalue weighted by molar-refractivity contribution is -0.0511. The van der Waals surface area contributed by atoms with Gasteiger partial charge in [0.1, 0.15) is 24.6 Å². The number of fused-ring (bicyclic) bond motifs is 1. The number of hydrogen-bond acceptors (Lipinski definition) is 8. The molecule has 0 saturated carbocycles. The number of ether oxygens (including phenoxy) is 1. The van der Waals surface area contributed by atoms with Crippen molar-refractivity contribution in [1.29, 1.82) is 0 Å². The summed E-state index contributed by atoms with van der Waals surface area (Å²) < 4.78 is 7.14. The molecule has 0 amide bonds. The standard InChI is InChI=1S/C20H25N5O4/c1-12(7-8-13-5-3-2-4-6-13)24-18-15-19(22-10-21-18)25(11-23-15)20-17(28)16(27)14(9-26)29-20/h2-6,10-12,14,16-17,20,26-28H,7-9H2,1H3,(H,21,22,24)/t12-,14+,16+,17+,20+/m0/s1. The topological polar surface area (TPSA) is 126 Å². The van der Waals surface area contributed by atoms with Crippen LogP contribution in [0.4, 0.5) is 5.82 Å². The molecule has 1 aromatic carbocycles. The van der Waals surface area contributed by atoms with Gasteiger partial charge in [0.15, 0.2) is 23.2 Å². The van der Waals surface area contributed by atoms with Crippen LogP contribution in [0.2, 0.25) is 0 Å². The van der Waals surface area contributed by atoms with Gasteiger partial charge in [-0.2, -0.15) is 0 Å². The second kappa shape index (κ2) is 8.42. The third-order valence-corrected chi connectivity index (χ3v) is 5.24. The van der Waals surface area contributed by atoms with Crippen molar-refractivity contribution in [2.24, 2.45) is 0 Å². The Balaban J connectivity index is 1.50. The summed E-state index contributed by atoms with van der Waals surface area (Å²) in [5.74, 6) is 0.598. The molecule has 1 saturated heterocycles. The fourth-order valence-corrected chi connectivity index (χ4v) is 3.59. The van der Waals surface area contributed by atoms with Crippen LogP contribution < -0.4 is 5.32 Å². The zero-order chi connectivity index (χ0) is 20.4. The summed E-state index contributed by atoms with van der Waals surface area (Å²) in [4.78, 5) is 13.0. The van der Waals surface area contributed by atoms with Gasteiger partial charge >= 0.3 is 0 Å². The Labute approximate surface area is 168 Å². The third kappa shape index (κ3) is 3.95. The molecular formula is C20H25N5O4. The first-order valence-electron chi connectivity index (χ1n) is 9.69. The lowest BCUT2D eigenvalue weighted by atomic mass is 10.1. The molecule has 1 aliphatic rings. The summed E-state index contributed by atoms with van der Waals surface area (Å²) in [5, 5.41) is 33.0. The number of anilines is 1. The van der Waals surface area contributed by atoms with E-state index < -0.39 is 24.5 Å². The largest absolute Gasteiger partial charge is 0.394 e. The van der Waals surface area contributed by atoms with E-state index in [9.17, 15) is 15.3 Å². The second-order valence-electron chi connectivity index (χ2n) is 7.34. The number of benzene rings is 1. The van der Waals surface area contributed by atoms with Crippen molar-refractivity contribution in [3.05, 3.63) is 48.5 Å². The maximum Gasteiger partial charge on any atom is 0.167 e. The molecule has 0 radical (unpaired) electrons. The Hall–Kier alpha value is -2.59. The summed E-state index contributed by atoms with van der Waals surface area (Å²) in [6.45, 7) is 1.70. The molecule has 3 heterocycles. The summed E-state index contributed by atoms with van der Waals surface area (Å²) >= 11 is 0. The van der Waals surface area contributed by atoms with E-state index in [1.54, 1.807) is 4.57 Å². The van der Waals surface area contributed by atoms with Gasteiger partial charge in [-0.1, -0.05) is 30.3 Å². The highest BCUT2D eigenvalue weighted by Crippen LogP contribution is 2.32. The van der Waals surface area contributed by atoms with Gasteiger partial charge in [0.25, 0.3) is 0 Å². The Morgan fingerprint density at radius 3 is 2.66 bits per heavy atom. The molecule has 154 valence electrons. The van der Waals surface area contributed by atoms with Crippen LogP contribution in [-0.4, -0.2) is 65.8 Å². The second-order valence-corrected chi connectivity index (χ2v) is 7.34. The van der Waals surface area contributed by atoms with E-state index in [2.05, 4.69) is 39.3 Å². The Morgan fingerprint density at radius 2 is 1.93 bits per heavy atom. The van der Waals surface area contributed by atoms with E-state index in [4.69, 9.17) is 4.74 Å². The van der Waals surface area contributed by atoms with Crippen molar-refractivity contribution in [2.75, 3.05) is 11.9 Å². The predicted molar refractivity (Wildman–Crippen MR) is 106 cm³/mol. The number of aromatic nitrogens is 4. The zero-order valence-electron chi connectivity index (χ0n) is 16.1. The number of rotatable bonds is 7. The molecule has 4 N–H and O–H groups in total. The average molecular weight is 399 g/mol. The Morgan fingerprint density at radius 1 is 1.14 bits per heavy atom. The SMILES string of the molecule is C[C@@H](CCc1ccccc1)Nc1ncnc2c1ncn2[C@@H]1O[C@H](CO)[C@@H](O)[C@H]1O. The van der Waals surface area contributed by atoms with E-state index in [0.717, 1.165) is 12.8 Å². The molecule has 9 nitrogen and oxygen atoms in total. The maximum atomic E-state index is 10.3. The van der Waals surface area contributed by atoms with Crippen LogP contribution >= 0.6 is 0 Å². The first-order chi connectivity index (χ1) is 14.1. The van der Waals surface area contributed by atoms with Crippen molar-refractivity contribution in [3.63, 3.8) is 0 Å². The molecule has 1 aliphatic heterocycles. The van der Waals surface area contributed by atoms with Gasteiger partial charge in [0.05, 0.1) is 12.9 Å². The molecule has 0 bridgehead atoms. The molecule has 0 spiro atoms. The van der Waals surface area contributed by atoms with Gasteiger partial charge in [-0.3, -0.25) is 4.57 Å². The van der Waals surface area contributed by atoms with Gasteiger partial charge in [0.2, 0.25) is 0 Å². The van der Waals surface area contributed by atoms with Crippen LogP contribution in [0.3, 0.4) is 0 Å². The highest BCUT2D eigenvalue weighted by molar-refractivity contribution is 5.82. The first kappa shape index (κ1) is 19.7. The number of aryl methyl sites for hydroxylation is 1. The quantitative estimate of drug-likeness (QED) is 0.461. The minimum atomic E-state index is -1.19. The number of hydrogen-bond donors (Lipinski definition) is 4. The number of nitrogens with zero attached hydrogens (tertiary/aromatic N) is 4. The Kier molecular flexibility index (Phi) is 5.72. The van der Waals surface area contributed by atoms with Crippen molar-refractivity contribution in [3.8, 4) is 0 Å². The van der Waals surface area contributed by atoms with Crippen LogP contribution in [-0.2, 0) is 11.2 Å². The molecule has 0 unspecified atom stereocenters. The molecule has 4 rings (SSSR count). The van der Waals surface area contributed by atoms with Crippen molar-refractivity contribution in [2.45, 2.75) is 50.3 Å². The predicted octanol–water partition coefficient (Wildman–Crippen LogP) is 0.871. The van der Waals surface area contributed by atoms with Gasteiger partial charge in [-0.05, 0) is 25.3 Å². The van der Waals surface area contributed by atoms with Crippen LogP contribution in [0.25, 0.3) is 11.2 Å². The van der Waals surface area contributed by atoms with E-state index in [1.165, 1.54) is 18.2 Å². The molecule has 3 aromatic rings. The van der Waals surface area contributed by atoms with Gasteiger partial charge < -0.3 is 25.4 Å². The molecule has 0 aliphatic carbocycles. The summed E-state index contributed by atoms with van der Waals surface area (Å²) in [7, 11) is 0.